The van der Waals surface area contributed by atoms with Crippen LogP contribution in [0.5, 0.6) is 0 Å². The van der Waals surface area contributed by atoms with E-state index in [9.17, 15) is 9.18 Å². The first-order chi connectivity index (χ1) is 6.92. The molecule has 1 rings (SSSR count). The van der Waals surface area contributed by atoms with Crippen LogP contribution < -0.4 is 10.6 Å². The Morgan fingerprint density at radius 1 is 1.53 bits per heavy atom. The van der Waals surface area contributed by atoms with Crippen molar-refractivity contribution < 1.29 is 13.9 Å². The lowest BCUT2D eigenvalue weighted by atomic mass is 10.1. The third-order valence-corrected chi connectivity index (χ3v) is 2.24. The number of alkyl carbamates (subject to hydrolysis) is 1. The average molecular weight is 218 g/mol. The molecule has 1 saturated heterocycles. The van der Waals surface area contributed by atoms with Crippen LogP contribution in [0.15, 0.2) is 0 Å². The van der Waals surface area contributed by atoms with Crippen LogP contribution >= 0.6 is 0 Å². The molecular weight excluding hydrogens is 199 g/mol. The highest BCUT2D eigenvalue weighted by Gasteiger charge is 2.29. The van der Waals surface area contributed by atoms with Gasteiger partial charge >= 0.3 is 6.09 Å². The fourth-order valence-corrected chi connectivity index (χ4v) is 1.52. The highest BCUT2D eigenvalue weighted by atomic mass is 19.1. The fourth-order valence-electron chi connectivity index (χ4n) is 1.52. The number of carbonyl (C=O) groups excluding carboxylic acids is 1. The Hall–Kier alpha value is -0.840. The number of ether oxygens (including phenoxy) is 1. The zero-order valence-electron chi connectivity index (χ0n) is 9.47. The van der Waals surface area contributed by atoms with Crippen molar-refractivity contribution in [3.05, 3.63) is 0 Å². The highest BCUT2D eigenvalue weighted by Crippen LogP contribution is 2.11. The van der Waals surface area contributed by atoms with Crippen molar-refractivity contribution in [3.8, 4) is 0 Å². The minimum atomic E-state index is -0.513. The van der Waals surface area contributed by atoms with Crippen molar-refractivity contribution in [1.82, 2.24) is 10.6 Å². The first kappa shape index (κ1) is 12.2. The molecule has 0 aromatic rings. The normalized spacial score (nSPS) is 26.4. The van der Waals surface area contributed by atoms with E-state index in [-0.39, 0.29) is 12.0 Å². The van der Waals surface area contributed by atoms with Gasteiger partial charge in [-0.1, -0.05) is 0 Å². The van der Waals surface area contributed by atoms with Gasteiger partial charge in [-0.2, -0.15) is 0 Å². The van der Waals surface area contributed by atoms with E-state index in [2.05, 4.69) is 10.6 Å². The summed E-state index contributed by atoms with van der Waals surface area (Å²) in [6, 6.07) is -0.162. The van der Waals surface area contributed by atoms with Gasteiger partial charge in [0.25, 0.3) is 0 Å². The summed E-state index contributed by atoms with van der Waals surface area (Å²) in [5, 5.41) is 5.70. The minimum Gasteiger partial charge on any atom is -0.444 e. The van der Waals surface area contributed by atoms with Gasteiger partial charge in [0.2, 0.25) is 0 Å². The molecule has 2 unspecified atom stereocenters. The molecule has 1 heterocycles. The Bertz CT molecular complexity index is 228. The standard InChI is InChI=1S/C10H19FN2O2/c1-10(2,3)15-9(14)13-8-6-12-5-7(8)4-11/h7-8,12H,4-6H2,1-3H3,(H,13,14). The van der Waals surface area contributed by atoms with Gasteiger partial charge in [-0.05, 0) is 20.8 Å². The maximum atomic E-state index is 12.5. The molecule has 2 N–H and O–H groups in total. The molecule has 1 aliphatic heterocycles. The molecule has 0 spiro atoms. The first-order valence-corrected chi connectivity index (χ1v) is 5.18. The maximum Gasteiger partial charge on any atom is 0.407 e. The number of nitrogens with one attached hydrogen (secondary N) is 2. The predicted molar refractivity (Wildman–Crippen MR) is 55.5 cm³/mol. The number of amides is 1. The largest absolute Gasteiger partial charge is 0.444 e. The average Bonchev–Trinajstić information content (AvgIpc) is 2.48. The molecule has 0 saturated carbocycles. The Morgan fingerprint density at radius 2 is 2.20 bits per heavy atom. The monoisotopic (exact) mass is 218 g/mol. The van der Waals surface area contributed by atoms with Crippen LogP contribution in [0.4, 0.5) is 9.18 Å². The molecule has 0 aromatic heterocycles. The topological polar surface area (TPSA) is 50.4 Å². The van der Waals surface area contributed by atoms with Crippen molar-refractivity contribution >= 4 is 6.09 Å². The van der Waals surface area contributed by atoms with Gasteiger partial charge in [0.15, 0.2) is 0 Å². The van der Waals surface area contributed by atoms with Crippen LogP contribution in [0.25, 0.3) is 0 Å². The lowest BCUT2D eigenvalue weighted by Crippen LogP contribution is -2.43. The maximum absolute atomic E-state index is 12.5. The van der Waals surface area contributed by atoms with Gasteiger partial charge in [0, 0.05) is 19.0 Å². The van der Waals surface area contributed by atoms with Gasteiger partial charge in [0.05, 0.1) is 12.7 Å². The van der Waals surface area contributed by atoms with E-state index in [0.29, 0.717) is 13.1 Å². The molecule has 1 aliphatic rings. The second-order valence-corrected chi connectivity index (χ2v) is 4.83. The van der Waals surface area contributed by atoms with E-state index in [0.717, 1.165) is 0 Å². The summed E-state index contributed by atoms with van der Waals surface area (Å²) in [4.78, 5) is 11.4. The molecule has 1 fully saturated rings. The lowest BCUT2D eigenvalue weighted by Gasteiger charge is -2.23. The molecule has 2 atom stereocenters. The Morgan fingerprint density at radius 3 is 2.73 bits per heavy atom. The van der Waals surface area contributed by atoms with Crippen molar-refractivity contribution in [1.29, 1.82) is 0 Å². The third-order valence-electron chi connectivity index (χ3n) is 2.24. The SMILES string of the molecule is CC(C)(C)OC(=O)NC1CNCC1CF. The Balaban J connectivity index is 2.37. The van der Waals surface area contributed by atoms with Crippen LogP contribution in [0, 0.1) is 5.92 Å². The summed E-state index contributed by atoms with van der Waals surface area (Å²) in [6.07, 6.45) is -0.477. The number of halogens is 1. The lowest BCUT2D eigenvalue weighted by molar-refractivity contribution is 0.0494. The summed E-state index contributed by atoms with van der Waals surface area (Å²) >= 11 is 0. The van der Waals surface area contributed by atoms with Crippen LogP contribution in [0.3, 0.4) is 0 Å². The molecule has 5 heteroatoms. The molecule has 0 aromatic carbocycles. The predicted octanol–water partition coefficient (Wildman–Crippen LogP) is 1.07. The molecule has 4 nitrogen and oxygen atoms in total. The van der Waals surface area contributed by atoms with Crippen LogP contribution in [-0.2, 0) is 4.74 Å². The molecule has 0 radical (unpaired) electrons. The second kappa shape index (κ2) is 4.79. The van der Waals surface area contributed by atoms with Crippen molar-refractivity contribution in [2.24, 2.45) is 5.92 Å². The van der Waals surface area contributed by atoms with Crippen molar-refractivity contribution in [2.45, 2.75) is 32.4 Å². The van der Waals surface area contributed by atoms with E-state index in [1.165, 1.54) is 0 Å². The van der Waals surface area contributed by atoms with Crippen molar-refractivity contribution in [3.63, 3.8) is 0 Å². The van der Waals surface area contributed by atoms with Gasteiger partial charge < -0.3 is 15.4 Å². The summed E-state index contributed by atoms with van der Waals surface area (Å²) in [6.45, 7) is 6.18. The van der Waals surface area contributed by atoms with Gasteiger partial charge in [-0.25, -0.2) is 4.79 Å². The molecule has 1 amide bonds. The van der Waals surface area contributed by atoms with Crippen LogP contribution in [-0.4, -0.2) is 37.5 Å². The van der Waals surface area contributed by atoms with Gasteiger partial charge in [-0.3, -0.25) is 4.39 Å². The number of alkyl halides is 1. The van der Waals surface area contributed by atoms with E-state index >= 15 is 0 Å². The Kier molecular flexibility index (Phi) is 3.90. The summed E-state index contributed by atoms with van der Waals surface area (Å²) in [5.41, 5.74) is -0.513. The fraction of sp³-hybridized carbons (Fsp3) is 0.900. The first-order valence-electron chi connectivity index (χ1n) is 5.18. The van der Waals surface area contributed by atoms with Crippen LogP contribution in [0.2, 0.25) is 0 Å². The third kappa shape index (κ3) is 4.03. The van der Waals surface area contributed by atoms with E-state index < -0.39 is 18.4 Å². The summed E-state index contributed by atoms with van der Waals surface area (Å²) < 4.78 is 17.6. The molecule has 88 valence electrons. The van der Waals surface area contributed by atoms with E-state index in [1.807, 2.05) is 0 Å². The van der Waals surface area contributed by atoms with Crippen molar-refractivity contribution in [2.75, 3.05) is 19.8 Å². The van der Waals surface area contributed by atoms with E-state index in [4.69, 9.17) is 4.74 Å². The van der Waals surface area contributed by atoms with Crippen LogP contribution in [0.1, 0.15) is 20.8 Å². The summed E-state index contributed by atoms with van der Waals surface area (Å²) in [7, 11) is 0. The minimum absolute atomic E-state index is 0.141. The number of hydrogen-bond acceptors (Lipinski definition) is 3. The summed E-state index contributed by atoms with van der Waals surface area (Å²) in [5.74, 6) is -0.141. The smallest absolute Gasteiger partial charge is 0.407 e. The number of carbonyl (C=O) groups is 1. The molecule has 15 heavy (non-hydrogen) atoms. The molecule has 0 bridgehead atoms. The van der Waals surface area contributed by atoms with E-state index in [1.54, 1.807) is 20.8 Å². The van der Waals surface area contributed by atoms with Gasteiger partial charge in [-0.15, -0.1) is 0 Å². The Labute approximate surface area is 89.6 Å². The molecular formula is C10H19FN2O2. The molecule has 0 aliphatic carbocycles. The second-order valence-electron chi connectivity index (χ2n) is 4.83. The highest BCUT2D eigenvalue weighted by molar-refractivity contribution is 5.68. The zero-order chi connectivity index (χ0) is 11.5. The number of hydrogen-bond donors (Lipinski definition) is 2. The number of rotatable bonds is 2. The van der Waals surface area contributed by atoms with Gasteiger partial charge in [0.1, 0.15) is 5.60 Å². The quantitative estimate of drug-likeness (QED) is 0.729. The zero-order valence-corrected chi connectivity index (χ0v) is 9.47.